The largest absolute Gasteiger partial charge is 0.478 e. The van der Waals surface area contributed by atoms with E-state index in [-0.39, 0.29) is 0 Å². The zero-order valence-corrected chi connectivity index (χ0v) is 11.4. The average Bonchev–Trinajstić information content (AvgIpc) is 2.83. The van der Waals surface area contributed by atoms with Crippen LogP contribution in [0.25, 0.3) is 10.9 Å². The molecule has 1 saturated heterocycles. The van der Waals surface area contributed by atoms with Crippen LogP contribution in [0.2, 0.25) is 0 Å². The molecule has 2 N–H and O–H groups in total. The van der Waals surface area contributed by atoms with Gasteiger partial charge in [-0.15, -0.1) is 0 Å². The number of nitrogens with one attached hydrogen (secondary N) is 1. The van der Waals surface area contributed by atoms with Crippen LogP contribution in [-0.4, -0.2) is 45.6 Å². The van der Waals surface area contributed by atoms with E-state index in [4.69, 9.17) is 0 Å². The van der Waals surface area contributed by atoms with Crippen LogP contribution < -0.4 is 0 Å². The van der Waals surface area contributed by atoms with Crippen molar-refractivity contribution in [1.82, 2.24) is 9.88 Å². The van der Waals surface area contributed by atoms with Gasteiger partial charge in [0.05, 0.1) is 5.56 Å². The molecule has 1 aromatic carbocycles. The molecule has 0 aliphatic carbocycles. The highest BCUT2D eigenvalue weighted by atomic mass is 32.2. The Morgan fingerprint density at radius 2 is 2.16 bits per heavy atom. The lowest BCUT2D eigenvalue weighted by Crippen LogP contribution is -2.31. The van der Waals surface area contributed by atoms with E-state index in [0.717, 1.165) is 47.6 Å². The number of aromatic carboxylic acids is 1. The van der Waals surface area contributed by atoms with Crippen LogP contribution in [0.4, 0.5) is 0 Å². The van der Waals surface area contributed by atoms with E-state index >= 15 is 0 Å². The number of carboxylic acid groups (broad SMARTS) is 1. The van der Waals surface area contributed by atoms with E-state index in [9.17, 15) is 9.90 Å². The Labute approximate surface area is 115 Å². The van der Waals surface area contributed by atoms with Crippen molar-refractivity contribution >= 4 is 28.6 Å². The molecule has 5 heteroatoms. The molecule has 2 heterocycles. The second-order valence-corrected chi connectivity index (χ2v) is 5.96. The Morgan fingerprint density at radius 3 is 2.89 bits per heavy atom. The summed E-state index contributed by atoms with van der Waals surface area (Å²) in [6, 6.07) is 5.38. The number of carbonyl (C=O) groups is 1. The fraction of sp³-hybridized carbons (Fsp3) is 0.357. The number of benzene rings is 1. The SMILES string of the molecule is O=C(O)c1cccc2[nH]cc(CN3CCSCC3)c12. The molecule has 1 aliphatic rings. The first kappa shape index (κ1) is 12.6. The lowest BCUT2D eigenvalue weighted by atomic mass is 10.1. The highest BCUT2D eigenvalue weighted by Crippen LogP contribution is 2.24. The summed E-state index contributed by atoms with van der Waals surface area (Å²) in [5.41, 5.74) is 2.38. The number of H-pyrrole nitrogens is 1. The molecular formula is C14H16N2O2S. The Hall–Kier alpha value is -1.46. The molecule has 1 aliphatic heterocycles. The molecule has 2 aromatic rings. The molecule has 0 amide bonds. The van der Waals surface area contributed by atoms with Crippen molar-refractivity contribution in [2.45, 2.75) is 6.54 Å². The maximum Gasteiger partial charge on any atom is 0.336 e. The first-order valence-electron chi connectivity index (χ1n) is 6.38. The fourth-order valence-electron chi connectivity index (χ4n) is 2.56. The Bertz CT molecular complexity index is 603. The minimum Gasteiger partial charge on any atom is -0.478 e. The number of aromatic nitrogens is 1. The summed E-state index contributed by atoms with van der Waals surface area (Å²) in [5.74, 6) is 1.46. The second-order valence-electron chi connectivity index (χ2n) is 4.74. The molecule has 0 saturated carbocycles. The van der Waals surface area contributed by atoms with Gasteiger partial charge in [0.2, 0.25) is 0 Å². The van der Waals surface area contributed by atoms with Gasteiger partial charge in [0.15, 0.2) is 0 Å². The van der Waals surface area contributed by atoms with Gasteiger partial charge in [-0.3, -0.25) is 4.90 Å². The molecule has 100 valence electrons. The molecule has 0 unspecified atom stereocenters. The number of thioether (sulfide) groups is 1. The zero-order chi connectivity index (χ0) is 13.2. The van der Waals surface area contributed by atoms with Gasteiger partial charge in [-0.2, -0.15) is 11.8 Å². The number of hydrogen-bond donors (Lipinski definition) is 2. The first-order chi connectivity index (χ1) is 9.25. The third-order valence-electron chi connectivity index (χ3n) is 3.52. The van der Waals surface area contributed by atoms with Gasteiger partial charge in [0.1, 0.15) is 0 Å². The summed E-state index contributed by atoms with van der Waals surface area (Å²) in [6.07, 6.45) is 1.94. The molecule has 4 nitrogen and oxygen atoms in total. The Morgan fingerprint density at radius 1 is 1.37 bits per heavy atom. The molecule has 19 heavy (non-hydrogen) atoms. The highest BCUT2D eigenvalue weighted by Gasteiger charge is 2.17. The first-order valence-corrected chi connectivity index (χ1v) is 7.53. The van der Waals surface area contributed by atoms with Crippen molar-refractivity contribution in [3.8, 4) is 0 Å². The minimum absolute atomic E-state index is 0.389. The number of fused-ring (bicyclic) bond motifs is 1. The summed E-state index contributed by atoms with van der Waals surface area (Å²) < 4.78 is 0. The van der Waals surface area contributed by atoms with Crippen molar-refractivity contribution in [3.05, 3.63) is 35.5 Å². The van der Waals surface area contributed by atoms with Crippen molar-refractivity contribution in [2.24, 2.45) is 0 Å². The van der Waals surface area contributed by atoms with Crippen LogP contribution in [0.3, 0.4) is 0 Å². The van der Waals surface area contributed by atoms with Crippen LogP contribution in [0.15, 0.2) is 24.4 Å². The molecule has 0 atom stereocenters. The standard InChI is InChI=1S/C14H16N2O2S/c17-14(18)11-2-1-3-12-13(11)10(8-15-12)9-16-4-6-19-7-5-16/h1-3,8,15H,4-7,9H2,(H,17,18). The number of carboxylic acids is 1. The van der Waals surface area contributed by atoms with E-state index in [1.54, 1.807) is 12.1 Å². The van der Waals surface area contributed by atoms with Gasteiger partial charge < -0.3 is 10.1 Å². The zero-order valence-electron chi connectivity index (χ0n) is 10.6. The molecule has 1 fully saturated rings. The van der Waals surface area contributed by atoms with Gasteiger partial charge in [0.25, 0.3) is 0 Å². The van der Waals surface area contributed by atoms with Crippen LogP contribution in [0.5, 0.6) is 0 Å². The second kappa shape index (κ2) is 5.27. The summed E-state index contributed by atoms with van der Waals surface area (Å²) in [7, 11) is 0. The van der Waals surface area contributed by atoms with E-state index in [0.29, 0.717) is 5.56 Å². The van der Waals surface area contributed by atoms with Crippen LogP contribution in [0.1, 0.15) is 15.9 Å². The van der Waals surface area contributed by atoms with Gasteiger partial charge in [-0.05, 0) is 17.7 Å². The number of rotatable bonds is 3. The van der Waals surface area contributed by atoms with Gasteiger partial charge in [-0.1, -0.05) is 6.07 Å². The maximum atomic E-state index is 11.3. The van der Waals surface area contributed by atoms with E-state index in [2.05, 4.69) is 9.88 Å². The van der Waals surface area contributed by atoms with Gasteiger partial charge >= 0.3 is 5.97 Å². The van der Waals surface area contributed by atoms with Crippen molar-refractivity contribution < 1.29 is 9.90 Å². The molecule has 1 aromatic heterocycles. The quantitative estimate of drug-likeness (QED) is 0.904. The third kappa shape index (κ3) is 2.48. The van der Waals surface area contributed by atoms with Crippen LogP contribution in [0, 0.1) is 0 Å². The summed E-state index contributed by atoms with van der Waals surface area (Å²) >= 11 is 1.98. The Balaban J connectivity index is 1.96. The van der Waals surface area contributed by atoms with E-state index in [1.165, 1.54) is 0 Å². The monoisotopic (exact) mass is 276 g/mol. The van der Waals surface area contributed by atoms with Crippen molar-refractivity contribution in [2.75, 3.05) is 24.6 Å². The normalized spacial score (nSPS) is 16.8. The van der Waals surface area contributed by atoms with Crippen LogP contribution >= 0.6 is 11.8 Å². The predicted octanol–water partition coefficient (Wildman–Crippen LogP) is 2.41. The Kier molecular flexibility index (Phi) is 3.48. The fourth-order valence-corrected chi connectivity index (χ4v) is 3.54. The highest BCUT2D eigenvalue weighted by molar-refractivity contribution is 7.99. The summed E-state index contributed by atoms with van der Waals surface area (Å²) in [5, 5.41) is 10.2. The third-order valence-corrected chi connectivity index (χ3v) is 4.46. The smallest absolute Gasteiger partial charge is 0.336 e. The molecule has 3 rings (SSSR count). The van der Waals surface area contributed by atoms with E-state index in [1.807, 2.05) is 24.0 Å². The van der Waals surface area contributed by atoms with Crippen molar-refractivity contribution in [3.63, 3.8) is 0 Å². The molecule has 0 radical (unpaired) electrons. The average molecular weight is 276 g/mol. The minimum atomic E-state index is -0.861. The number of hydrogen-bond acceptors (Lipinski definition) is 3. The maximum absolute atomic E-state index is 11.3. The molecule has 0 spiro atoms. The molecular weight excluding hydrogens is 260 g/mol. The predicted molar refractivity (Wildman–Crippen MR) is 77.9 cm³/mol. The topological polar surface area (TPSA) is 56.3 Å². The molecule has 0 bridgehead atoms. The van der Waals surface area contributed by atoms with Gasteiger partial charge in [-0.25, -0.2) is 4.79 Å². The van der Waals surface area contributed by atoms with E-state index < -0.39 is 5.97 Å². The number of aromatic amines is 1. The summed E-state index contributed by atoms with van der Waals surface area (Å²) in [4.78, 5) is 16.9. The lowest BCUT2D eigenvalue weighted by Gasteiger charge is -2.25. The lowest BCUT2D eigenvalue weighted by molar-refractivity contribution is 0.0699. The van der Waals surface area contributed by atoms with Crippen molar-refractivity contribution in [1.29, 1.82) is 0 Å². The van der Waals surface area contributed by atoms with Gasteiger partial charge in [0, 0.05) is 48.2 Å². The number of nitrogens with zero attached hydrogens (tertiary/aromatic N) is 1. The summed E-state index contributed by atoms with van der Waals surface area (Å²) in [6.45, 7) is 2.98. The van der Waals surface area contributed by atoms with Crippen LogP contribution in [-0.2, 0) is 6.54 Å².